The van der Waals surface area contributed by atoms with Crippen molar-refractivity contribution in [3.63, 3.8) is 0 Å². The number of rotatable bonds is 7. The zero-order chi connectivity index (χ0) is 28.9. The van der Waals surface area contributed by atoms with Crippen molar-refractivity contribution in [3.05, 3.63) is 57.1 Å². The molecule has 3 nitrogen and oxygen atoms in total. The summed E-state index contributed by atoms with van der Waals surface area (Å²) >= 11 is 3.54. The maximum absolute atomic E-state index is 13.9. The summed E-state index contributed by atoms with van der Waals surface area (Å²) in [5.74, 6) is 1.29. The van der Waals surface area contributed by atoms with Crippen LogP contribution in [0.4, 0.5) is 23.2 Å². The first-order valence-electron chi connectivity index (χ1n) is 13.8. The average molecular weight is 615 g/mol. The summed E-state index contributed by atoms with van der Waals surface area (Å²) in [6.45, 7) is 9.00. The molecule has 1 aliphatic carbocycles. The van der Waals surface area contributed by atoms with Gasteiger partial charge >= 0.3 is 6.18 Å². The Labute approximate surface area is 238 Å². The van der Waals surface area contributed by atoms with E-state index < -0.39 is 18.6 Å². The van der Waals surface area contributed by atoms with Gasteiger partial charge in [-0.3, -0.25) is 4.99 Å². The Morgan fingerprint density at radius 3 is 2.36 bits per heavy atom. The second-order valence-corrected chi connectivity index (χ2v) is 11.5. The Bertz CT molecular complexity index is 1150. The molecule has 0 spiro atoms. The second-order valence-electron chi connectivity index (χ2n) is 10.6. The van der Waals surface area contributed by atoms with Crippen LogP contribution in [-0.4, -0.2) is 25.4 Å². The normalized spacial score (nSPS) is 23.6. The maximum atomic E-state index is 13.9. The molecule has 0 aliphatic heterocycles. The van der Waals surface area contributed by atoms with E-state index in [1.54, 1.807) is 20.1 Å². The third kappa shape index (κ3) is 7.63. The Balaban J connectivity index is 2.18. The summed E-state index contributed by atoms with van der Waals surface area (Å²) in [6, 6.07) is 9.08. The Morgan fingerprint density at radius 2 is 1.77 bits per heavy atom. The fourth-order valence-corrected chi connectivity index (χ4v) is 6.40. The molecule has 8 heteroatoms. The molecule has 1 saturated carbocycles. The number of halogens is 5. The van der Waals surface area contributed by atoms with Crippen molar-refractivity contribution >= 4 is 27.3 Å². The number of aliphatic imine (C=N–C) groups is 1. The van der Waals surface area contributed by atoms with E-state index in [2.05, 4.69) is 48.8 Å². The number of ether oxygens (including phenoxy) is 2. The van der Waals surface area contributed by atoms with Gasteiger partial charge in [-0.2, -0.15) is 13.2 Å². The van der Waals surface area contributed by atoms with Crippen LogP contribution in [0.25, 0.3) is 0 Å². The summed E-state index contributed by atoms with van der Waals surface area (Å²) in [7, 11) is 1.66. The summed E-state index contributed by atoms with van der Waals surface area (Å²) in [5.41, 5.74) is 4.06. The number of methoxy groups -OCH3 is 1. The highest BCUT2D eigenvalue weighted by Gasteiger charge is 2.44. The molecule has 0 amide bonds. The van der Waals surface area contributed by atoms with Crippen LogP contribution < -0.4 is 4.74 Å². The summed E-state index contributed by atoms with van der Waals surface area (Å²) in [6.07, 6.45) is -3.02. The first-order chi connectivity index (χ1) is 18.4. The molecule has 216 valence electrons. The van der Waals surface area contributed by atoms with Crippen molar-refractivity contribution in [3.8, 4) is 5.75 Å². The van der Waals surface area contributed by atoms with E-state index in [4.69, 9.17) is 14.5 Å². The molecule has 0 radical (unpaired) electrons. The molecule has 0 N–H and O–H groups in total. The third-order valence-corrected chi connectivity index (χ3v) is 8.63. The molecule has 1 fully saturated rings. The lowest BCUT2D eigenvalue weighted by Crippen LogP contribution is -2.27. The molecule has 0 aromatic heterocycles. The largest absolute Gasteiger partial charge is 0.497 e. The van der Waals surface area contributed by atoms with Crippen molar-refractivity contribution in [2.24, 2.45) is 16.8 Å². The lowest BCUT2D eigenvalue weighted by atomic mass is 9.76. The summed E-state index contributed by atoms with van der Waals surface area (Å²) < 4.78 is 66.2. The lowest BCUT2D eigenvalue weighted by molar-refractivity contribution is -0.250. The number of aryl methyl sites for hydroxylation is 1. The Morgan fingerprint density at radius 1 is 1.08 bits per heavy atom. The zero-order valence-corrected chi connectivity index (χ0v) is 25.3. The predicted octanol–water partition coefficient (Wildman–Crippen LogP) is 10.5. The predicted molar refractivity (Wildman–Crippen MR) is 153 cm³/mol. The first kappa shape index (κ1) is 31.6. The molecular weight excluding hydrogens is 574 g/mol. The first-order valence-corrected chi connectivity index (χ1v) is 14.6. The van der Waals surface area contributed by atoms with Crippen LogP contribution in [0.1, 0.15) is 93.6 Å². The Kier molecular flexibility index (Phi) is 11.0. The minimum absolute atomic E-state index is 0.0654. The van der Waals surface area contributed by atoms with Gasteiger partial charge in [-0.15, -0.1) is 0 Å². The molecule has 5 atom stereocenters. The second kappa shape index (κ2) is 13.6. The SMILES string of the molecule is CCC1CCCCCC(c2ccc(OC)cc2C)C(C)C1=Nc1c(Br)ccc(C(OC(C)F)C(F)(F)F)c1C. The van der Waals surface area contributed by atoms with Gasteiger partial charge in [0.1, 0.15) is 5.75 Å². The standard InChI is InChI=1S/C31H40BrF4NO2/c1-7-22-11-9-8-10-12-25(24-14-13-23(38-6)17-18(24)2)19(3)28(22)37-29-20(4)26(15-16-27(29)32)30(31(34,35)36)39-21(5)33/h13-17,19,21-22,25,30H,7-12H2,1-6H3. The minimum Gasteiger partial charge on any atom is -0.497 e. The number of benzene rings is 2. The highest BCUT2D eigenvalue weighted by atomic mass is 79.9. The zero-order valence-electron chi connectivity index (χ0n) is 23.7. The smallest absolute Gasteiger partial charge is 0.419 e. The van der Waals surface area contributed by atoms with E-state index in [1.807, 2.05) is 6.07 Å². The van der Waals surface area contributed by atoms with Crippen molar-refractivity contribution in [1.82, 2.24) is 0 Å². The van der Waals surface area contributed by atoms with E-state index in [0.717, 1.165) is 62.5 Å². The fraction of sp³-hybridized carbons (Fsp3) is 0.581. The topological polar surface area (TPSA) is 30.8 Å². The van der Waals surface area contributed by atoms with Gasteiger partial charge in [-0.25, -0.2) is 4.39 Å². The van der Waals surface area contributed by atoms with Gasteiger partial charge in [0.15, 0.2) is 12.5 Å². The van der Waals surface area contributed by atoms with Crippen molar-refractivity contribution in [1.29, 1.82) is 0 Å². The van der Waals surface area contributed by atoms with Crippen LogP contribution in [0.2, 0.25) is 0 Å². The van der Waals surface area contributed by atoms with Crippen molar-refractivity contribution < 1.29 is 27.0 Å². The van der Waals surface area contributed by atoms with Crippen molar-refractivity contribution in [2.75, 3.05) is 7.11 Å². The van der Waals surface area contributed by atoms with Crippen LogP contribution in [0.3, 0.4) is 0 Å². The average Bonchev–Trinajstić information content (AvgIpc) is 2.94. The van der Waals surface area contributed by atoms with Crippen LogP contribution in [0.15, 0.2) is 39.8 Å². The number of hydrogen-bond acceptors (Lipinski definition) is 3. The third-order valence-electron chi connectivity index (χ3n) is 7.99. The van der Waals surface area contributed by atoms with Gasteiger partial charge in [-0.1, -0.05) is 45.2 Å². The highest BCUT2D eigenvalue weighted by molar-refractivity contribution is 9.10. The van der Waals surface area contributed by atoms with E-state index in [0.29, 0.717) is 15.7 Å². The monoisotopic (exact) mass is 613 g/mol. The van der Waals surface area contributed by atoms with Gasteiger partial charge in [0.2, 0.25) is 0 Å². The molecule has 2 aromatic rings. The van der Waals surface area contributed by atoms with Crippen LogP contribution in [0.5, 0.6) is 5.75 Å². The van der Waals surface area contributed by atoms with Crippen LogP contribution >= 0.6 is 15.9 Å². The van der Waals surface area contributed by atoms with Crippen molar-refractivity contribution in [2.45, 2.75) is 97.7 Å². The molecule has 0 heterocycles. The molecule has 0 bridgehead atoms. The number of nitrogens with zero attached hydrogens (tertiary/aromatic N) is 1. The van der Waals surface area contributed by atoms with Gasteiger partial charge in [0.25, 0.3) is 0 Å². The molecule has 39 heavy (non-hydrogen) atoms. The summed E-state index contributed by atoms with van der Waals surface area (Å²) in [5, 5.41) is 0. The van der Waals surface area contributed by atoms with Crippen LogP contribution in [-0.2, 0) is 4.74 Å². The highest BCUT2D eigenvalue weighted by Crippen LogP contribution is 2.44. The molecule has 5 unspecified atom stereocenters. The molecule has 3 rings (SSSR count). The fourth-order valence-electron chi connectivity index (χ4n) is 5.88. The van der Waals surface area contributed by atoms with Gasteiger partial charge in [-0.05, 0) is 108 Å². The number of hydrogen-bond donors (Lipinski definition) is 0. The van der Waals surface area contributed by atoms with E-state index in [9.17, 15) is 17.6 Å². The van der Waals surface area contributed by atoms with E-state index >= 15 is 0 Å². The van der Waals surface area contributed by atoms with Gasteiger partial charge in [0, 0.05) is 16.1 Å². The molecular formula is C31H40BrF4NO2. The molecule has 2 aromatic carbocycles. The van der Waals surface area contributed by atoms with Gasteiger partial charge in [0.05, 0.1) is 12.8 Å². The number of alkyl halides is 4. The summed E-state index contributed by atoms with van der Waals surface area (Å²) in [4.78, 5) is 5.17. The van der Waals surface area contributed by atoms with Gasteiger partial charge < -0.3 is 9.47 Å². The van der Waals surface area contributed by atoms with Crippen LogP contribution in [0, 0.1) is 25.7 Å². The maximum Gasteiger partial charge on any atom is 0.419 e. The van der Waals surface area contributed by atoms with E-state index in [-0.39, 0.29) is 23.3 Å². The Hall–Kier alpha value is -1.93. The molecule has 0 saturated heterocycles. The molecule has 1 aliphatic rings. The lowest BCUT2D eigenvalue weighted by Gasteiger charge is -2.31. The minimum atomic E-state index is -4.77. The quantitative estimate of drug-likeness (QED) is 0.291. The van der Waals surface area contributed by atoms with E-state index in [1.165, 1.54) is 11.6 Å².